The Morgan fingerprint density at radius 1 is 1.00 bits per heavy atom. The van der Waals surface area contributed by atoms with Gasteiger partial charge in [0.1, 0.15) is 6.07 Å². The average molecular weight is 316 g/mol. The zero-order valence-electron chi connectivity index (χ0n) is 12.4. The van der Waals surface area contributed by atoms with Crippen molar-refractivity contribution in [2.24, 2.45) is 0 Å². The number of nitriles is 1. The molecule has 1 heterocycles. The summed E-state index contributed by atoms with van der Waals surface area (Å²) >= 11 is 1.44. The molecule has 0 saturated carbocycles. The maximum atomic E-state index is 13.0. The second-order valence-electron chi connectivity index (χ2n) is 5.32. The number of benzene rings is 3. The SMILES string of the molecule is CSc1c(C#N)c2ccccc2c2[nH]c3ccccc3c(=O)c12. The van der Waals surface area contributed by atoms with Crippen molar-refractivity contribution in [3.8, 4) is 6.07 Å². The lowest BCUT2D eigenvalue weighted by Gasteiger charge is -2.12. The van der Waals surface area contributed by atoms with E-state index in [4.69, 9.17) is 0 Å². The molecular formula is C19H12N2OS. The fraction of sp³-hybridized carbons (Fsp3) is 0.0526. The Hall–Kier alpha value is -2.77. The molecular weight excluding hydrogens is 304 g/mol. The van der Waals surface area contributed by atoms with Crippen molar-refractivity contribution in [2.75, 3.05) is 6.26 Å². The van der Waals surface area contributed by atoms with E-state index in [9.17, 15) is 10.1 Å². The highest BCUT2D eigenvalue weighted by Gasteiger charge is 2.17. The van der Waals surface area contributed by atoms with Crippen LogP contribution in [0.25, 0.3) is 32.6 Å². The lowest BCUT2D eigenvalue weighted by molar-refractivity contribution is 1.41. The van der Waals surface area contributed by atoms with Crippen LogP contribution in [-0.4, -0.2) is 11.2 Å². The number of nitrogens with zero attached hydrogens (tertiary/aromatic N) is 1. The van der Waals surface area contributed by atoms with Gasteiger partial charge >= 0.3 is 0 Å². The van der Waals surface area contributed by atoms with Gasteiger partial charge in [-0.1, -0.05) is 36.4 Å². The van der Waals surface area contributed by atoms with Crippen LogP contribution >= 0.6 is 11.8 Å². The highest BCUT2D eigenvalue weighted by molar-refractivity contribution is 7.98. The standard InChI is InChI=1S/C19H12N2OS/c1-23-19-14(10-20)11-6-2-3-7-12(11)17-16(19)18(22)13-8-4-5-9-15(13)21-17/h2-9H,1H3,(H,21,22). The van der Waals surface area contributed by atoms with Crippen LogP contribution in [0.1, 0.15) is 5.56 Å². The van der Waals surface area contributed by atoms with Crippen LogP contribution in [0.4, 0.5) is 0 Å². The Morgan fingerprint density at radius 3 is 2.35 bits per heavy atom. The number of aromatic nitrogens is 1. The van der Waals surface area contributed by atoms with E-state index in [-0.39, 0.29) is 5.43 Å². The minimum absolute atomic E-state index is 0.0269. The van der Waals surface area contributed by atoms with E-state index in [0.29, 0.717) is 16.3 Å². The Kier molecular flexibility index (Phi) is 3.10. The topological polar surface area (TPSA) is 56.6 Å². The number of fused-ring (bicyclic) bond motifs is 4. The minimum Gasteiger partial charge on any atom is -0.354 e. The van der Waals surface area contributed by atoms with E-state index in [1.165, 1.54) is 11.8 Å². The van der Waals surface area contributed by atoms with Crippen LogP contribution in [0.2, 0.25) is 0 Å². The smallest absolute Gasteiger partial charge is 0.198 e. The van der Waals surface area contributed by atoms with Gasteiger partial charge < -0.3 is 4.98 Å². The van der Waals surface area contributed by atoms with E-state index in [2.05, 4.69) is 11.1 Å². The van der Waals surface area contributed by atoms with Gasteiger partial charge in [0.15, 0.2) is 5.43 Å². The predicted octanol–water partition coefficient (Wildman–Crippen LogP) is 4.43. The van der Waals surface area contributed by atoms with Gasteiger partial charge in [-0.15, -0.1) is 11.8 Å². The molecule has 0 atom stereocenters. The summed E-state index contributed by atoms with van der Waals surface area (Å²) in [5.74, 6) is 0. The van der Waals surface area contributed by atoms with Gasteiger partial charge in [-0.25, -0.2) is 0 Å². The summed E-state index contributed by atoms with van der Waals surface area (Å²) in [4.78, 5) is 17.2. The molecule has 4 aromatic rings. The van der Waals surface area contributed by atoms with Gasteiger partial charge in [0.25, 0.3) is 0 Å². The molecule has 0 aliphatic carbocycles. The third kappa shape index (κ3) is 1.87. The Labute approximate surface area is 136 Å². The van der Waals surface area contributed by atoms with E-state index < -0.39 is 0 Å². The fourth-order valence-electron chi connectivity index (χ4n) is 3.14. The fourth-order valence-corrected chi connectivity index (χ4v) is 3.89. The van der Waals surface area contributed by atoms with E-state index >= 15 is 0 Å². The number of thioether (sulfide) groups is 1. The van der Waals surface area contributed by atoms with E-state index in [1.807, 2.05) is 54.8 Å². The van der Waals surface area contributed by atoms with Crippen molar-refractivity contribution in [3.63, 3.8) is 0 Å². The molecule has 0 saturated heterocycles. The van der Waals surface area contributed by atoms with Crippen molar-refractivity contribution in [3.05, 3.63) is 64.3 Å². The molecule has 110 valence electrons. The molecule has 0 aliphatic rings. The van der Waals surface area contributed by atoms with Crippen LogP contribution in [0.3, 0.4) is 0 Å². The first kappa shape index (κ1) is 13.9. The van der Waals surface area contributed by atoms with Gasteiger partial charge in [0.2, 0.25) is 0 Å². The Bertz CT molecular complexity index is 1190. The van der Waals surface area contributed by atoms with Gasteiger partial charge in [-0.3, -0.25) is 4.79 Å². The summed E-state index contributed by atoms with van der Waals surface area (Å²) in [7, 11) is 0. The number of nitrogens with one attached hydrogen (secondary N) is 1. The second-order valence-corrected chi connectivity index (χ2v) is 6.13. The highest BCUT2D eigenvalue weighted by atomic mass is 32.2. The molecule has 1 aromatic heterocycles. The van der Waals surface area contributed by atoms with Crippen LogP contribution in [-0.2, 0) is 0 Å². The number of hydrogen-bond acceptors (Lipinski definition) is 3. The zero-order chi connectivity index (χ0) is 16.0. The van der Waals surface area contributed by atoms with Gasteiger partial charge in [0.05, 0.1) is 16.5 Å². The Morgan fingerprint density at radius 2 is 1.65 bits per heavy atom. The van der Waals surface area contributed by atoms with Crippen LogP contribution in [0, 0.1) is 11.3 Å². The molecule has 0 amide bonds. The number of aromatic amines is 1. The van der Waals surface area contributed by atoms with Gasteiger partial charge in [-0.05, 0) is 18.4 Å². The normalized spacial score (nSPS) is 11.1. The quantitative estimate of drug-likeness (QED) is 0.321. The number of H-pyrrole nitrogens is 1. The van der Waals surface area contributed by atoms with Crippen molar-refractivity contribution in [1.82, 2.24) is 4.98 Å². The van der Waals surface area contributed by atoms with Gasteiger partial charge in [-0.2, -0.15) is 5.26 Å². The summed E-state index contributed by atoms with van der Waals surface area (Å²) in [6.45, 7) is 0. The van der Waals surface area contributed by atoms with Crippen molar-refractivity contribution < 1.29 is 0 Å². The van der Waals surface area contributed by atoms with Crippen molar-refractivity contribution in [1.29, 1.82) is 5.26 Å². The number of hydrogen-bond donors (Lipinski definition) is 1. The monoisotopic (exact) mass is 316 g/mol. The lowest BCUT2D eigenvalue weighted by Crippen LogP contribution is -2.07. The third-order valence-corrected chi connectivity index (χ3v) is 4.96. The largest absolute Gasteiger partial charge is 0.354 e. The summed E-state index contributed by atoms with van der Waals surface area (Å²) in [5, 5.41) is 12.7. The molecule has 0 unspecified atom stereocenters. The first-order valence-electron chi connectivity index (χ1n) is 7.19. The first-order chi connectivity index (χ1) is 11.3. The third-order valence-electron chi connectivity index (χ3n) is 4.14. The molecule has 1 N–H and O–H groups in total. The molecule has 3 nitrogen and oxygen atoms in total. The molecule has 4 rings (SSSR count). The van der Waals surface area contributed by atoms with Crippen molar-refractivity contribution in [2.45, 2.75) is 4.90 Å². The molecule has 0 fully saturated rings. The number of pyridine rings is 1. The molecule has 0 radical (unpaired) electrons. The summed E-state index contributed by atoms with van der Waals surface area (Å²) < 4.78 is 0. The zero-order valence-corrected chi connectivity index (χ0v) is 13.2. The molecule has 3 aromatic carbocycles. The van der Waals surface area contributed by atoms with Crippen LogP contribution < -0.4 is 5.43 Å². The van der Waals surface area contributed by atoms with E-state index in [0.717, 1.165) is 26.7 Å². The number of para-hydroxylation sites is 1. The van der Waals surface area contributed by atoms with Crippen LogP contribution in [0.15, 0.2) is 58.2 Å². The molecule has 23 heavy (non-hydrogen) atoms. The molecule has 4 heteroatoms. The van der Waals surface area contributed by atoms with Crippen LogP contribution in [0.5, 0.6) is 0 Å². The second kappa shape index (κ2) is 5.15. The Balaban J connectivity index is 2.43. The summed E-state index contributed by atoms with van der Waals surface area (Å²) in [6.07, 6.45) is 1.90. The maximum absolute atomic E-state index is 13.0. The van der Waals surface area contributed by atoms with Gasteiger partial charge in [0, 0.05) is 26.6 Å². The molecule has 0 bridgehead atoms. The average Bonchev–Trinajstić information content (AvgIpc) is 2.61. The predicted molar refractivity (Wildman–Crippen MR) is 96.1 cm³/mol. The molecule has 0 aliphatic heterocycles. The number of rotatable bonds is 1. The summed E-state index contributed by atoms with van der Waals surface area (Å²) in [5.41, 5.74) is 2.15. The van der Waals surface area contributed by atoms with E-state index in [1.54, 1.807) is 0 Å². The minimum atomic E-state index is -0.0269. The lowest BCUT2D eigenvalue weighted by atomic mass is 9.99. The first-order valence-corrected chi connectivity index (χ1v) is 8.42. The summed E-state index contributed by atoms with van der Waals surface area (Å²) in [6, 6.07) is 17.5. The molecule has 0 spiro atoms. The maximum Gasteiger partial charge on any atom is 0.198 e. The highest BCUT2D eigenvalue weighted by Crippen LogP contribution is 2.35. The van der Waals surface area contributed by atoms with Crippen molar-refractivity contribution >= 4 is 44.3 Å².